The molecule has 0 bridgehead atoms. The van der Waals surface area contributed by atoms with Gasteiger partial charge in [-0.05, 0) is 45.6 Å². The van der Waals surface area contributed by atoms with Crippen LogP contribution in [0.3, 0.4) is 0 Å². The van der Waals surface area contributed by atoms with E-state index in [1.54, 1.807) is 5.38 Å². The summed E-state index contributed by atoms with van der Waals surface area (Å²) in [6, 6.07) is 5.40. The average Bonchev–Trinajstić information content (AvgIpc) is 2.86. The highest BCUT2D eigenvalue weighted by molar-refractivity contribution is 9.10. The monoisotopic (exact) mass is 372 g/mol. The van der Waals surface area contributed by atoms with Crippen LogP contribution in [0.2, 0.25) is 0 Å². The Morgan fingerprint density at radius 2 is 2.14 bits per heavy atom. The van der Waals surface area contributed by atoms with Crippen LogP contribution >= 0.6 is 27.3 Å². The van der Waals surface area contributed by atoms with Gasteiger partial charge in [0.25, 0.3) is 11.8 Å². The first kappa shape index (κ1) is 15.5. The van der Waals surface area contributed by atoms with Crippen molar-refractivity contribution < 1.29 is 18.7 Å². The molecular formula is C13H10BrFN2O3S. The number of nitrogens with two attached hydrogens (primary N) is 1. The third-order valence-corrected chi connectivity index (χ3v) is 3.89. The highest BCUT2D eigenvalue weighted by Gasteiger charge is 2.13. The molecule has 2 aromatic rings. The van der Waals surface area contributed by atoms with Crippen molar-refractivity contribution in [3.63, 3.8) is 0 Å². The van der Waals surface area contributed by atoms with Gasteiger partial charge in [0.2, 0.25) is 0 Å². The molecule has 1 aromatic carbocycles. The van der Waals surface area contributed by atoms with Crippen LogP contribution in [0.25, 0.3) is 0 Å². The summed E-state index contributed by atoms with van der Waals surface area (Å²) in [5.74, 6) is -1.14. The molecule has 1 heterocycles. The molecule has 110 valence electrons. The summed E-state index contributed by atoms with van der Waals surface area (Å²) >= 11 is 4.32. The van der Waals surface area contributed by atoms with Gasteiger partial charge in [-0.25, -0.2) is 4.39 Å². The summed E-state index contributed by atoms with van der Waals surface area (Å²) in [7, 11) is 0. The normalized spacial score (nSPS) is 10.2. The number of carbonyl (C=O) groups is 2. The van der Waals surface area contributed by atoms with Crippen molar-refractivity contribution >= 4 is 44.1 Å². The molecule has 1 aromatic heterocycles. The molecule has 0 fully saturated rings. The Bertz CT molecular complexity index is 690. The van der Waals surface area contributed by atoms with Gasteiger partial charge in [0.1, 0.15) is 16.6 Å². The van der Waals surface area contributed by atoms with E-state index in [-0.39, 0.29) is 12.2 Å². The lowest BCUT2D eigenvalue weighted by Gasteiger charge is -2.08. The quantitative estimate of drug-likeness (QED) is 0.846. The standard InChI is InChI=1S/C13H10BrFN2O3S/c14-9-5-7(15)1-2-10(9)20-6-11(18)17-13-8(12(16)19)3-4-21-13/h1-5H,6H2,(H2,16,19)(H,17,18). The van der Waals surface area contributed by atoms with Gasteiger partial charge in [-0.1, -0.05) is 0 Å². The average molecular weight is 373 g/mol. The number of primary amides is 1. The zero-order valence-corrected chi connectivity index (χ0v) is 13.0. The minimum Gasteiger partial charge on any atom is -0.483 e. The molecule has 0 aliphatic heterocycles. The number of amides is 2. The number of anilines is 1. The van der Waals surface area contributed by atoms with Gasteiger partial charge in [0.05, 0.1) is 10.0 Å². The van der Waals surface area contributed by atoms with Crippen molar-refractivity contribution in [2.24, 2.45) is 5.73 Å². The lowest BCUT2D eigenvalue weighted by Crippen LogP contribution is -2.21. The van der Waals surface area contributed by atoms with Crippen LogP contribution in [-0.4, -0.2) is 18.4 Å². The minimum absolute atomic E-state index is 0.247. The number of ether oxygens (including phenoxy) is 1. The van der Waals surface area contributed by atoms with Gasteiger partial charge in [-0.3, -0.25) is 9.59 Å². The molecule has 5 nitrogen and oxygen atoms in total. The fourth-order valence-corrected chi connectivity index (χ4v) is 2.77. The highest BCUT2D eigenvalue weighted by atomic mass is 79.9. The summed E-state index contributed by atoms with van der Waals surface area (Å²) < 4.78 is 18.6. The Labute approximate surface area is 132 Å². The number of thiophene rings is 1. The number of carbonyl (C=O) groups excluding carboxylic acids is 2. The van der Waals surface area contributed by atoms with Crippen molar-refractivity contribution in [3.8, 4) is 5.75 Å². The van der Waals surface area contributed by atoms with E-state index >= 15 is 0 Å². The Balaban J connectivity index is 1.96. The van der Waals surface area contributed by atoms with Crippen molar-refractivity contribution in [2.45, 2.75) is 0 Å². The topological polar surface area (TPSA) is 81.4 Å². The van der Waals surface area contributed by atoms with Crippen LogP contribution in [0.5, 0.6) is 5.75 Å². The maximum atomic E-state index is 12.9. The van der Waals surface area contributed by atoms with E-state index in [0.29, 0.717) is 15.2 Å². The van der Waals surface area contributed by atoms with E-state index in [0.717, 1.165) is 0 Å². The van der Waals surface area contributed by atoms with E-state index in [4.69, 9.17) is 10.5 Å². The van der Waals surface area contributed by atoms with Gasteiger partial charge in [0.15, 0.2) is 6.61 Å². The number of benzene rings is 1. The van der Waals surface area contributed by atoms with Crippen molar-refractivity contribution in [2.75, 3.05) is 11.9 Å². The van der Waals surface area contributed by atoms with Crippen LogP contribution in [0.4, 0.5) is 9.39 Å². The summed E-state index contributed by atoms with van der Waals surface area (Å²) in [5, 5.41) is 4.55. The molecule has 0 saturated carbocycles. The van der Waals surface area contributed by atoms with Crippen molar-refractivity contribution in [1.29, 1.82) is 0 Å². The molecule has 2 rings (SSSR count). The summed E-state index contributed by atoms with van der Waals surface area (Å²) in [5.41, 5.74) is 5.42. The van der Waals surface area contributed by atoms with E-state index in [9.17, 15) is 14.0 Å². The van der Waals surface area contributed by atoms with Crippen LogP contribution < -0.4 is 15.8 Å². The second kappa shape index (κ2) is 6.68. The largest absolute Gasteiger partial charge is 0.483 e. The molecule has 21 heavy (non-hydrogen) atoms. The van der Waals surface area contributed by atoms with Crippen molar-refractivity contribution in [3.05, 3.63) is 45.5 Å². The Morgan fingerprint density at radius 3 is 2.81 bits per heavy atom. The van der Waals surface area contributed by atoms with Gasteiger partial charge in [-0.15, -0.1) is 11.3 Å². The van der Waals surface area contributed by atoms with Crippen LogP contribution in [-0.2, 0) is 4.79 Å². The Morgan fingerprint density at radius 1 is 1.38 bits per heavy atom. The predicted octanol–water partition coefficient (Wildman–Crippen LogP) is 2.77. The van der Waals surface area contributed by atoms with Gasteiger partial charge < -0.3 is 15.8 Å². The molecule has 0 radical (unpaired) electrons. The zero-order valence-electron chi connectivity index (χ0n) is 10.6. The molecule has 0 atom stereocenters. The van der Waals surface area contributed by atoms with E-state index < -0.39 is 17.6 Å². The third-order valence-electron chi connectivity index (χ3n) is 2.44. The molecule has 0 unspecified atom stereocenters. The number of hydrogen-bond donors (Lipinski definition) is 2. The first-order valence-electron chi connectivity index (χ1n) is 5.72. The lowest BCUT2D eigenvalue weighted by molar-refractivity contribution is -0.118. The fraction of sp³-hybridized carbons (Fsp3) is 0.0769. The van der Waals surface area contributed by atoms with E-state index in [1.807, 2.05) is 0 Å². The van der Waals surface area contributed by atoms with Gasteiger partial charge >= 0.3 is 0 Å². The lowest BCUT2D eigenvalue weighted by atomic mass is 10.3. The number of nitrogens with one attached hydrogen (secondary N) is 1. The molecule has 0 spiro atoms. The number of hydrogen-bond acceptors (Lipinski definition) is 4. The summed E-state index contributed by atoms with van der Waals surface area (Å²) in [6.45, 7) is -0.277. The second-order valence-corrected chi connectivity index (χ2v) is 5.71. The predicted molar refractivity (Wildman–Crippen MR) is 81.1 cm³/mol. The zero-order chi connectivity index (χ0) is 15.4. The number of halogens is 2. The van der Waals surface area contributed by atoms with Crippen molar-refractivity contribution in [1.82, 2.24) is 0 Å². The third kappa shape index (κ3) is 4.02. The fourth-order valence-electron chi connectivity index (χ4n) is 1.50. The number of rotatable bonds is 5. The van der Waals surface area contributed by atoms with E-state index in [1.165, 1.54) is 35.6 Å². The molecule has 0 aliphatic rings. The summed E-state index contributed by atoms with van der Waals surface area (Å²) in [6.07, 6.45) is 0. The Kier molecular flexibility index (Phi) is 4.92. The molecule has 8 heteroatoms. The summed E-state index contributed by atoms with van der Waals surface area (Å²) in [4.78, 5) is 22.9. The van der Waals surface area contributed by atoms with Crippen LogP contribution in [0.15, 0.2) is 34.1 Å². The van der Waals surface area contributed by atoms with Gasteiger partial charge in [-0.2, -0.15) is 0 Å². The maximum Gasteiger partial charge on any atom is 0.262 e. The first-order chi connectivity index (χ1) is 9.97. The molecule has 2 amide bonds. The first-order valence-corrected chi connectivity index (χ1v) is 7.39. The molecular weight excluding hydrogens is 363 g/mol. The van der Waals surface area contributed by atoms with Gasteiger partial charge in [0, 0.05) is 0 Å². The molecule has 3 N–H and O–H groups in total. The maximum absolute atomic E-state index is 12.9. The smallest absolute Gasteiger partial charge is 0.262 e. The second-order valence-electron chi connectivity index (χ2n) is 3.94. The van der Waals surface area contributed by atoms with Crippen LogP contribution in [0, 0.1) is 5.82 Å². The van der Waals surface area contributed by atoms with E-state index in [2.05, 4.69) is 21.2 Å². The molecule has 0 saturated heterocycles. The highest BCUT2D eigenvalue weighted by Crippen LogP contribution is 2.26. The Hall–Kier alpha value is -1.93. The van der Waals surface area contributed by atoms with Crippen LogP contribution in [0.1, 0.15) is 10.4 Å². The molecule has 0 aliphatic carbocycles. The SMILES string of the molecule is NC(=O)c1ccsc1NC(=O)COc1ccc(F)cc1Br. The minimum atomic E-state index is -0.617.